The lowest BCUT2D eigenvalue weighted by Gasteiger charge is -2.17. The predicted octanol–water partition coefficient (Wildman–Crippen LogP) is 0.512. The summed E-state index contributed by atoms with van der Waals surface area (Å²) in [4.78, 5) is 4.22. The van der Waals surface area contributed by atoms with Crippen molar-refractivity contribution in [3.8, 4) is 0 Å². The van der Waals surface area contributed by atoms with Gasteiger partial charge in [-0.3, -0.25) is 4.68 Å². The van der Waals surface area contributed by atoms with E-state index in [4.69, 9.17) is 0 Å². The number of nitrogens with one attached hydrogen (secondary N) is 1. The van der Waals surface area contributed by atoms with Crippen molar-refractivity contribution in [3.05, 3.63) is 28.5 Å². The zero-order chi connectivity index (χ0) is 15.8. The highest BCUT2D eigenvalue weighted by atomic mass is 32.1. The summed E-state index contributed by atoms with van der Waals surface area (Å²) in [7, 11) is 0. The van der Waals surface area contributed by atoms with Crippen LogP contribution in [0.15, 0.2) is 17.8 Å². The monoisotopic (exact) mass is 335 g/mol. The van der Waals surface area contributed by atoms with Crippen LogP contribution in [0.5, 0.6) is 0 Å². The van der Waals surface area contributed by atoms with Crippen molar-refractivity contribution in [2.45, 2.75) is 56.5 Å². The van der Waals surface area contributed by atoms with Gasteiger partial charge in [-0.25, -0.2) is 4.98 Å². The van der Waals surface area contributed by atoms with E-state index in [2.05, 4.69) is 20.6 Å². The van der Waals surface area contributed by atoms with Crippen LogP contribution in [0, 0.1) is 5.92 Å². The number of hydrogen-bond donors (Lipinski definition) is 3. The summed E-state index contributed by atoms with van der Waals surface area (Å²) in [5.41, 5.74) is 1.05. The van der Waals surface area contributed by atoms with Gasteiger partial charge < -0.3 is 15.5 Å². The minimum absolute atomic E-state index is 0.0208. The molecule has 0 unspecified atom stereocenters. The molecule has 23 heavy (non-hydrogen) atoms. The van der Waals surface area contributed by atoms with Crippen LogP contribution >= 0.6 is 11.3 Å². The molecule has 0 aliphatic heterocycles. The van der Waals surface area contributed by atoms with Crippen LogP contribution in [0.2, 0.25) is 0 Å². The fourth-order valence-corrected chi connectivity index (χ4v) is 3.84. The summed E-state index contributed by atoms with van der Waals surface area (Å²) in [6.45, 7) is 1.21. The quantitative estimate of drug-likeness (QED) is 0.712. The molecule has 2 saturated carbocycles. The second-order valence-corrected chi connectivity index (χ2v) is 7.51. The third-order valence-electron chi connectivity index (χ3n) is 4.77. The summed E-state index contributed by atoms with van der Waals surface area (Å²) in [5.74, 6) is 0.558. The summed E-state index contributed by atoms with van der Waals surface area (Å²) < 4.78 is 1.80. The highest BCUT2D eigenvalue weighted by Crippen LogP contribution is 2.38. The molecule has 2 fully saturated rings. The smallest absolute Gasteiger partial charge is 0.106 e. The van der Waals surface area contributed by atoms with Gasteiger partial charge in [0.25, 0.3) is 0 Å². The Bertz CT molecular complexity index is 642. The molecule has 0 saturated heterocycles. The molecule has 2 aliphatic rings. The van der Waals surface area contributed by atoms with Crippen LogP contribution in [-0.4, -0.2) is 48.4 Å². The minimum atomic E-state index is -0.758. The van der Waals surface area contributed by atoms with Crippen molar-refractivity contribution < 1.29 is 10.2 Å². The van der Waals surface area contributed by atoms with Gasteiger partial charge in [0.2, 0.25) is 0 Å². The van der Waals surface area contributed by atoms with Crippen LogP contribution in [0.25, 0.3) is 0 Å². The Balaban J connectivity index is 1.35. The van der Waals surface area contributed by atoms with Gasteiger partial charge in [0.15, 0.2) is 0 Å². The zero-order valence-electron chi connectivity index (χ0n) is 12.7. The number of hydrogen-bond acceptors (Lipinski definition) is 7. The lowest BCUT2D eigenvalue weighted by Crippen LogP contribution is -2.39. The molecule has 0 aromatic carbocycles. The average molecular weight is 335 g/mol. The van der Waals surface area contributed by atoms with Crippen LogP contribution in [0.1, 0.15) is 35.9 Å². The molecule has 0 spiro atoms. The number of nitrogens with zero attached hydrogens (tertiary/aromatic N) is 4. The topological polar surface area (TPSA) is 96.1 Å². The largest absolute Gasteiger partial charge is 0.390 e. The maximum Gasteiger partial charge on any atom is 0.106 e. The zero-order valence-corrected chi connectivity index (χ0v) is 13.6. The van der Waals surface area contributed by atoms with Crippen LogP contribution < -0.4 is 5.32 Å². The number of rotatable bonds is 6. The molecule has 2 aromatic heterocycles. The molecule has 3 N–H and O–H groups in total. The first-order chi connectivity index (χ1) is 11.2. The van der Waals surface area contributed by atoms with Gasteiger partial charge >= 0.3 is 0 Å². The second-order valence-electron chi connectivity index (χ2n) is 6.53. The van der Waals surface area contributed by atoms with Gasteiger partial charge in [0, 0.05) is 48.7 Å². The van der Waals surface area contributed by atoms with E-state index in [0.717, 1.165) is 10.7 Å². The maximum atomic E-state index is 10.3. The molecule has 2 heterocycles. The Labute approximate surface area is 138 Å². The summed E-state index contributed by atoms with van der Waals surface area (Å²) in [5, 5.41) is 35.2. The molecule has 0 radical (unpaired) electrons. The molecule has 0 amide bonds. The van der Waals surface area contributed by atoms with Gasteiger partial charge in [-0.1, -0.05) is 5.21 Å². The van der Waals surface area contributed by atoms with E-state index < -0.39 is 12.2 Å². The highest BCUT2D eigenvalue weighted by molar-refractivity contribution is 7.09. The molecule has 7 nitrogen and oxygen atoms in total. The number of aliphatic hydroxyl groups is 2. The van der Waals surface area contributed by atoms with Crippen LogP contribution in [-0.2, 0) is 13.1 Å². The average Bonchev–Trinajstić information content (AvgIpc) is 2.97. The van der Waals surface area contributed by atoms with Gasteiger partial charge in [-0.05, 0) is 19.3 Å². The molecule has 4 atom stereocenters. The third-order valence-corrected chi connectivity index (χ3v) is 5.55. The van der Waals surface area contributed by atoms with E-state index >= 15 is 0 Å². The molecule has 2 aliphatic carbocycles. The first-order valence-electron chi connectivity index (χ1n) is 8.08. The van der Waals surface area contributed by atoms with Gasteiger partial charge in [0.05, 0.1) is 17.9 Å². The molecule has 2 aromatic rings. The lowest BCUT2D eigenvalue weighted by molar-refractivity contribution is 0.00722. The van der Waals surface area contributed by atoms with E-state index in [9.17, 15) is 10.2 Å². The molecule has 8 heteroatoms. The second kappa shape index (κ2) is 6.27. The Morgan fingerprint density at radius 2 is 2.17 bits per heavy atom. The molecule has 124 valence electrons. The normalized spacial score (nSPS) is 30.9. The first-order valence-corrected chi connectivity index (χ1v) is 8.96. The maximum absolute atomic E-state index is 10.3. The first kappa shape index (κ1) is 15.2. The Hall–Kier alpha value is -1.35. The van der Waals surface area contributed by atoms with E-state index in [0.29, 0.717) is 25.4 Å². The Kier molecular flexibility index (Phi) is 4.14. The van der Waals surface area contributed by atoms with E-state index in [-0.39, 0.29) is 12.0 Å². The Morgan fingerprint density at radius 1 is 1.30 bits per heavy atom. The van der Waals surface area contributed by atoms with Crippen LogP contribution in [0.4, 0.5) is 0 Å². The van der Waals surface area contributed by atoms with E-state index in [1.807, 2.05) is 11.6 Å². The number of thiazole rings is 1. The fraction of sp³-hybridized carbons (Fsp3) is 0.667. The molecular formula is C15H21N5O2S. The number of aliphatic hydroxyl groups excluding tert-OH is 2. The number of aromatic nitrogens is 4. The molecular weight excluding hydrogens is 314 g/mol. The van der Waals surface area contributed by atoms with Crippen molar-refractivity contribution in [2.75, 3.05) is 0 Å². The van der Waals surface area contributed by atoms with Gasteiger partial charge in [-0.15, -0.1) is 16.4 Å². The summed E-state index contributed by atoms with van der Waals surface area (Å²) in [6.07, 6.45) is 5.37. The molecule has 0 bridgehead atoms. The molecule has 4 rings (SSSR count). The summed E-state index contributed by atoms with van der Waals surface area (Å²) >= 11 is 1.58. The highest BCUT2D eigenvalue weighted by Gasteiger charge is 2.41. The predicted molar refractivity (Wildman–Crippen MR) is 84.9 cm³/mol. The van der Waals surface area contributed by atoms with Crippen molar-refractivity contribution in [1.82, 2.24) is 25.3 Å². The fourth-order valence-electron chi connectivity index (χ4n) is 3.28. The van der Waals surface area contributed by atoms with E-state index in [1.165, 1.54) is 12.8 Å². The van der Waals surface area contributed by atoms with Crippen molar-refractivity contribution in [1.29, 1.82) is 0 Å². The van der Waals surface area contributed by atoms with E-state index in [1.54, 1.807) is 22.2 Å². The third kappa shape index (κ3) is 3.30. The van der Waals surface area contributed by atoms with Crippen molar-refractivity contribution in [3.63, 3.8) is 0 Å². The van der Waals surface area contributed by atoms with Crippen LogP contribution in [0.3, 0.4) is 0 Å². The lowest BCUT2D eigenvalue weighted by atomic mass is 10.1. The van der Waals surface area contributed by atoms with Crippen molar-refractivity contribution >= 4 is 11.3 Å². The SMILES string of the molecule is O[C@@H]1[C@@H](Cn2cc(C3CC3)nn2)C[C@@H](NCc2nccs2)[C@@H]1O. The summed E-state index contributed by atoms with van der Waals surface area (Å²) in [6, 6.07) is -0.120. The van der Waals surface area contributed by atoms with Crippen molar-refractivity contribution in [2.24, 2.45) is 5.92 Å². The Morgan fingerprint density at radius 3 is 2.91 bits per heavy atom. The van der Waals surface area contributed by atoms with Gasteiger partial charge in [0.1, 0.15) is 5.01 Å². The standard InChI is InChI=1S/C15H21N5O2S/c21-14-10(7-20-8-12(18-19-20)9-1-2-9)5-11(15(14)22)17-6-13-16-3-4-23-13/h3-4,8-11,14-15,17,21-22H,1-2,5-7H2/t10-,11-,14-,15+/m1/s1. The minimum Gasteiger partial charge on any atom is -0.390 e. The van der Waals surface area contributed by atoms with Gasteiger partial charge in [-0.2, -0.15) is 0 Å².